The molecule has 4 heteroatoms. The highest BCUT2D eigenvalue weighted by Gasteiger charge is 2.31. The third-order valence-corrected chi connectivity index (χ3v) is 5.17. The molecule has 0 saturated carbocycles. The smallest absolute Gasteiger partial charge is 0.0877 e. The normalized spacial score (nSPS) is 26.1. The Bertz CT molecular complexity index is 457. The second-order valence-corrected chi connectivity index (χ2v) is 7.04. The predicted molar refractivity (Wildman–Crippen MR) is 89.3 cm³/mol. The van der Waals surface area contributed by atoms with Crippen LogP contribution >= 0.6 is 0 Å². The Morgan fingerprint density at radius 1 is 1.18 bits per heavy atom. The van der Waals surface area contributed by atoms with Gasteiger partial charge in [-0.25, -0.2) is 0 Å². The number of rotatable bonds is 4. The van der Waals surface area contributed by atoms with Crippen molar-refractivity contribution in [3.05, 3.63) is 30.3 Å². The van der Waals surface area contributed by atoms with E-state index in [0.29, 0.717) is 6.61 Å². The van der Waals surface area contributed by atoms with Gasteiger partial charge >= 0.3 is 0 Å². The van der Waals surface area contributed by atoms with Gasteiger partial charge in [-0.15, -0.1) is 0 Å². The number of likely N-dealkylation sites (tertiary alicyclic amines) is 1. The first-order valence-electron chi connectivity index (χ1n) is 8.43. The van der Waals surface area contributed by atoms with Gasteiger partial charge in [-0.2, -0.15) is 0 Å². The van der Waals surface area contributed by atoms with Crippen LogP contribution in [0.4, 0.5) is 5.69 Å². The van der Waals surface area contributed by atoms with Crippen molar-refractivity contribution in [2.24, 2.45) is 5.41 Å². The van der Waals surface area contributed by atoms with E-state index in [2.05, 4.69) is 47.1 Å². The SMILES string of the molecule is CC1(CO)CCN(CC2CN(c3ccccc3)CCO2)CC1. The highest BCUT2D eigenvalue weighted by atomic mass is 16.5. The summed E-state index contributed by atoms with van der Waals surface area (Å²) < 4.78 is 5.98. The molecule has 3 rings (SSSR count). The number of anilines is 1. The summed E-state index contributed by atoms with van der Waals surface area (Å²) in [4.78, 5) is 4.92. The van der Waals surface area contributed by atoms with Crippen LogP contribution in [0, 0.1) is 5.41 Å². The van der Waals surface area contributed by atoms with Crippen LogP contribution < -0.4 is 4.90 Å². The van der Waals surface area contributed by atoms with Gasteiger partial charge in [0, 0.05) is 31.9 Å². The summed E-state index contributed by atoms with van der Waals surface area (Å²) in [5, 5.41) is 9.47. The number of para-hydroxylation sites is 1. The molecule has 1 aromatic rings. The number of benzene rings is 1. The lowest BCUT2D eigenvalue weighted by Crippen LogP contribution is -2.50. The molecule has 2 heterocycles. The van der Waals surface area contributed by atoms with Gasteiger partial charge < -0.3 is 19.6 Å². The molecule has 2 aliphatic rings. The summed E-state index contributed by atoms with van der Waals surface area (Å²) >= 11 is 0. The molecule has 22 heavy (non-hydrogen) atoms. The molecule has 2 aliphatic heterocycles. The van der Waals surface area contributed by atoms with Crippen LogP contribution in [0.5, 0.6) is 0 Å². The van der Waals surface area contributed by atoms with Crippen molar-refractivity contribution in [2.45, 2.75) is 25.9 Å². The van der Waals surface area contributed by atoms with Gasteiger partial charge in [0.2, 0.25) is 0 Å². The number of aliphatic hydroxyl groups excluding tert-OH is 1. The Morgan fingerprint density at radius 2 is 1.91 bits per heavy atom. The maximum absolute atomic E-state index is 9.47. The Kier molecular flexibility index (Phi) is 5.01. The number of hydrogen-bond donors (Lipinski definition) is 1. The van der Waals surface area contributed by atoms with Gasteiger partial charge in [0.1, 0.15) is 0 Å². The minimum Gasteiger partial charge on any atom is -0.396 e. The fourth-order valence-corrected chi connectivity index (χ4v) is 3.42. The molecule has 2 fully saturated rings. The lowest BCUT2D eigenvalue weighted by atomic mass is 9.81. The summed E-state index contributed by atoms with van der Waals surface area (Å²) in [6, 6.07) is 10.6. The van der Waals surface area contributed by atoms with Crippen LogP contribution in [0.3, 0.4) is 0 Å². The highest BCUT2D eigenvalue weighted by Crippen LogP contribution is 2.30. The van der Waals surface area contributed by atoms with Crippen molar-refractivity contribution >= 4 is 5.69 Å². The van der Waals surface area contributed by atoms with E-state index in [1.54, 1.807) is 0 Å². The van der Waals surface area contributed by atoms with E-state index in [-0.39, 0.29) is 11.5 Å². The number of ether oxygens (including phenoxy) is 1. The first-order chi connectivity index (χ1) is 10.7. The summed E-state index contributed by atoms with van der Waals surface area (Å²) in [5.41, 5.74) is 1.42. The van der Waals surface area contributed by atoms with E-state index in [0.717, 1.165) is 52.2 Å². The zero-order valence-electron chi connectivity index (χ0n) is 13.6. The summed E-state index contributed by atoms with van der Waals surface area (Å²) in [6.45, 7) is 8.40. The zero-order chi connectivity index (χ0) is 15.4. The molecule has 4 nitrogen and oxygen atoms in total. The van der Waals surface area contributed by atoms with Crippen molar-refractivity contribution in [1.82, 2.24) is 4.90 Å². The molecule has 0 radical (unpaired) electrons. The Labute approximate surface area is 133 Å². The number of nitrogens with zero attached hydrogens (tertiary/aromatic N) is 2. The van der Waals surface area contributed by atoms with Crippen LogP contribution in [-0.4, -0.2) is 62.0 Å². The third-order valence-electron chi connectivity index (χ3n) is 5.17. The second kappa shape index (κ2) is 6.99. The lowest BCUT2D eigenvalue weighted by Gasteiger charge is -2.41. The lowest BCUT2D eigenvalue weighted by molar-refractivity contribution is -0.00584. The minimum absolute atomic E-state index is 0.125. The maximum Gasteiger partial charge on any atom is 0.0877 e. The monoisotopic (exact) mass is 304 g/mol. The van der Waals surface area contributed by atoms with E-state index in [9.17, 15) is 5.11 Å². The topological polar surface area (TPSA) is 35.9 Å². The largest absolute Gasteiger partial charge is 0.396 e. The van der Waals surface area contributed by atoms with Crippen molar-refractivity contribution in [2.75, 3.05) is 50.8 Å². The molecule has 0 bridgehead atoms. The van der Waals surface area contributed by atoms with E-state index in [1.165, 1.54) is 5.69 Å². The standard InChI is InChI=1S/C18H28N2O2/c1-18(15-21)7-9-19(10-8-18)13-17-14-20(11-12-22-17)16-5-3-2-4-6-16/h2-6,17,21H,7-15H2,1H3. The maximum atomic E-state index is 9.47. The summed E-state index contributed by atoms with van der Waals surface area (Å²) in [7, 11) is 0. The first-order valence-corrected chi connectivity index (χ1v) is 8.43. The molecule has 0 spiro atoms. The average molecular weight is 304 g/mol. The average Bonchev–Trinajstić information content (AvgIpc) is 2.58. The van der Waals surface area contributed by atoms with E-state index < -0.39 is 0 Å². The summed E-state index contributed by atoms with van der Waals surface area (Å²) in [5.74, 6) is 0. The van der Waals surface area contributed by atoms with Gasteiger partial charge in [0.05, 0.1) is 12.7 Å². The van der Waals surface area contributed by atoms with Crippen LogP contribution in [0.15, 0.2) is 30.3 Å². The molecule has 1 unspecified atom stereocenters. The molecule has 1 atom stereocenters. The Hall–Kier alpha value is -1.10. The van der Waals surface area contributed by atoms with Gasteiger partial charge in [0.25, 0.3) is 0 Å². The molecule has 1 N–H and O–H groups in total. The zero-order valence-corrected chi connectivity index (χ0v) is 13.6. The van der Waals surface area contributed by atoms with Crippen molar-refractivity contribution in [3.63, 3.8) is 0 Å². The summed E-state index contributed by atoms with van der Waals surface area (Å²) in [6.07, 6.45) is 2.45. The number of piperidine rings is 1. The number of morpholine rings is 1. The van der Waals surface area contributed by atoms with Crippen molar-refractivity contribution < 1.29 is 9.84 Å². The Balaban J connectivity index is 1.51. The number of hydrogen-bond acceptors (Lipinski definition) is 4. The van der Waals surface area contributed by atoms with Crippen molar-refractivity contribution in [1.29, 1.82) is 0 Å². The third kappa shape index (κ3) is 3.80. The van der Waals surface area contributed by atoms with Gasteiger partial charge in [0.15, 0.2) is 0 Å². The molecular formula is C18H28N2O2. The van der Waals surface area contributed by atoms with Crippen LogP contribution in [-0.2, 0) is 4.74 Å². The molecule has 0 aliphatic carbocycles. The molecular weight excluding hydrogens is 276 g/mol. The quantitative estimate of drug-likeness (QED) is 0.923. The first kappa shape index (κ1) is 15.8. The van der Waals surface area contributed by atoms with E-state index in [1.807, 2.05) is 0 Å². The molecule has 0 amide bonds. The minimum atomic E-state index is 0.125. The second-order valence-electron chi connectivity index (χ2n) is 7.04. The van der Waals surface area contributed by atoms with Crippen molar-refractivity contribution in [3.8, 4) is 0 Å². The fourth-order valence-electron chi connectivity index (χ4n) is 3.42. The fraction of sp³-hybridized carbons (Fsp3) is 0.667. The van der Waals surface area contributed by atoms with Crippen LogP contribution in [0.1, 0.15) is 19.8 Å². The molecule has 2 saturated heterocycles. The van der Waals surface area contributed by atoms with Gasteiger partial charge in [-0.05, 0) is 43.5 Å². The molecule has 122 valence electrons. The Morgan fingerprint density at radius 3 is 2.59 bits per heavy atom. The predicted octanol–water partition coefficient (Wildman–Crippen LogP) is 1.99. The van der Waals surface area contributed by atoms with Crippen LogP contribution in [0.25, 0.3) is 0 Å². The molecule has 1 aromatic carbocycles. The van der Waals surface area contributed by atoms with Crippen LogP contribution in [0.2, 0.25) is 0 Å². The van der Waals surface area contributed by atoms with Gasteiger partial charge in [-0.1, -0.05) is 25.1 Å². The number of aliphatic hydroxyl groups is 1. The van der Waals surface area contributed by atoms with Gasteiger partial charge in [-0.3, -0.25) is 0 Å². The van der Waals surface area contributed by atoms with E-state index in [4.69, 9.17) is 4.74 Å². The van der Waals surface area contributed by atoms with E-state index >= 15 is 0 Å². The molecule has 0 aromatic heterocycles. The highest BCUT2D eigenvalue weighted by molar-refractivity contribution is 5.46.